The van der Waals surface area contributed by atoms with E-state index in [9.17, 15) is 9.59 Å². The van der Waals surface area contributed by atoms with E-state index in [-0.39, 0.29) is 19.1 Å². The number of esters is 1. The van der Waals surface area contributed by atoms with Gasteiger partial charge in [0.2, 0.25) is 0 Å². The monoisotopic (exact) mass is 355 g/mol. The molecule has 0 spiro atoms. The normalized spacial score (nSPS) is 21.2. The number of halogens is 1. The summed E-state index contributed by atoms with van der Waals surface area (Å²) < 4.78 is 15.7. The summed E-state index contributed by atoms with van der Waals surface area (Å²) in [5, 5.41) is 1.68. The van der Waals surface area contributed by atoms with Crippen molar-refractivity contribution in [1.29, 1.82) is 0 Å². The highest BCUT2D eigenvalue weighted by Crippen LogP contribution is 2.40. The fourth-order valence-corrected chi connectivity index (χ4v) is 2.63. The van der Waals surface area contributed by atoms with Gasteiger partial charge in [-0.1, -0.05) is 11.6 Å². The summed E-state index contributed by atoms with van der Waals surface area (Å²) in [6.45, 7) is 6.07. The van der Waals surface area contributed by atoms with Crippen LogP contribution in [-0.2, 0) is 25.7 Å². The van der Waals surface area contributed by atoms with Crippen molar-refractivity contribution in [2.45, 2.75) is 33.6 Å². The molecule has 0 radical (unpaired) electrons. The average Bonchev–Trinajstić information content (AvgIpc) is 3.03. The molecule has 8 heteroatoms. The third-order valence-corrected chi connectivity index (χ3v) is 4.11. The minimum Gasteiger partial charge on any atom is -0.460 e. The van der Waals surface area contributed by atoms with Gasteiger partial charge >= 0.3 is 12.3 Å². The minimum absolute atomic E-state index is 0.111. The van der Waals surface area contributed by atoms with Gasteiger partial charge in [0, 0.05) is 11.1 Å². The first-order valence-electron chi connectivity index (χ1n) is 7.59. The zero-order valence-electron chi connectivity index (χ0n) is 13.6. The zero-order chi connectivity index (χ0) is 17.5. The lowest BCUT2D eigenvalue weighted by atomic mass is 9.95. The number of rotatable bonds is 4. The third kappa shape index (κ3) is 3.01. The van der Waals surface area contributed by atoms with E-state index in [0.717, 1.165) is 0 Å². The number of carbonyl (C=O) groups is 2. The van der Waals surface area contributed by atoms with Gasteiger partial charge in [0.1, 0.15) is 0 Å². The fourth-order valence-electron chi connectivity index (χ4n) is 2.41. The summed E-state index contributed by atoms with van der Waals surface area (Å²) >= 11 is 6.25. The standard InChI is InChI=1S/C16H18ClNO6/c1-4-21-13(19)14-23-11-5-9(10(17)6-12(11)24-14)7-18-15(20)16(2,3)8-22-18/h5-6,14H,4,7-8H2,1-3H3. The second-order valence-electron chi connectivity index (χ2n) is 6.21. The molecule has 1 atom stereocenters. The van der Waals surface area contributed by atoms with Gasteiger partial charge in [0.15, 0.2) is 11.5 Å². The van der Waals surface area contributed by atoms with Crippen LogP contribution in [0.2, 0.25) is 5.02 Å². The molecule has 3 rings (SSSR count). The van der Waals surface area contributed by atoms with Crippen molar-refractivity contribution in [3.63, 3.8) is 0 Å². The maximum absolute atomic E-state index is 12.2. The molecule has 130 valence electrons. The topological polar surface area (TPSA) is 74.3 Å². The van der Waals surface area contributed by atoms with Crippen molar-refractivity contribution in [1.82, 2.24) is 5.06 Å². The first-order chi connectivity index (χ1) is 11.3. The molecule has 0 aliphatic carbocycles. The summed E-state index contributed by atoms with van der Waals surface area (Å²) in [6, 6.07) is 3.19. The highest BCUT2D eigenvalue weighted by atomic mass is 35.5. The molecule has 2 heterocycles. The van der Waals surface area contributed by atoms with E-state index in [4.69, 9.17) is 30.6 Å². The van der Waals surface area contributed by atoms with Gasteiger partial charge in [-0.15, -0.1) is 0 Å². The Kier molecular flexibility index (Phi) is 4.31. The van der Waals surface area contributed by atoms with Crippen LogP contribution < -0.4 is 9.47 Å². The Bertz CT molecular complexity index is 689. The Balaban J connectivity index is 1.76. The molecule has 24 heavy (non-hydrogen) atoms. The molecule has 1 saturated heterocycles. The van der Waals surface area contributed by atoms with Crippen LogP contribution in [0.3, 0.4) is 0 Å². The summed E-state index contributed by atoms with van der Waals surface area (Å²) in [7, 11) is 0. The number of amides is 1. The van der Waals surface area contributed by atoms with Crippen LogP contribution in [0.4, 0.5) is 0 Å². The number of nitrogens with zero attached hydrogens (tertiary/aromatic N) is 1. The molecule has 1 fully saturated rings. The van der Waals surface area contributed by atoms with Gasteiger partial charge in [0.25, 0.3) is 5.91 Å². The van der Waals surface area contributed by atoms with E-state index in [2.05, 4.69) is 0 Å². The number of benzene rings is 1. The van der Waals surface area contributed by atoms with Crippen LogP contribution in [0, 0.1) is 5.41 Å². The van der Waals surface area contributed by atoms with E-state index in [1.54, 1.807) is 19.1 Å². The summed E-state index contributed by atoms with van der Waals surface area (Å²) in [5.41, 5.74) is 0.0761. The van der Waals surface area contributed by atoms with Gasteiger partial charge in [0.05, 0.1) is 25.2 Å². The Morgan fingerprint density at radius 2 is 2.04 bits per heavy atom. The second kappa shape index (κ2) is 6.14. The molecule has 1 aromatic rings. The minimum atomic E-state index is -1.14. The second-order valence-corrected chi connectivity index (χ2v) is 6.62. The largest absolute Gasteiger partial charge is 0.460 e. The van der Waals surface area contributed by atoms with Gasteiger partial charge < -0.3 is 14.2 Å². The zero-order valence-corrected chi connectivity index (χ0v) is 14.4. The quantitative estimate of drug-likeness (QED) is 0.771. The van der Waals surface area contributed by atoms with Crippen molar-refractivity contribution in [3.05, 3.63) is 22.7 Å². The highest BCUT2D eigenvalue weighted by Gasteiger charge is 2.41. The predicted molar refractivity (Wildman–Crippen MR) is 83.4 cm³/mol. The predicted octanol–water partition coefficient (Wildman–Crippen LogP) is 2.30. The summed E-state index contributed by atoms with van der Waals surface area (Å²) in [5.74, 6) is 0.0148. The molecule has 0 aromatic heterocycles. The smallest absolute Gasteiger partial charge is 0.389 e. The molecule has 1 unspecified atom stereocenters. The third-order valence-electron chi connectivity index (χ3n) is 3.76. The lowest BCUT2D eigenvalue weighted by molar-refractivity contribution is -0.165. The number of hydroxylamine groups is 2. The van der Waals surface area contributed by atoms with Crippen LogP contribution in [0.25, 0.3) is 0 Å². The lowest BCUT2D eigenvalue weighted by Crippen LogP contribution is -2.31. The first-order valence-corrected chi connectivity index (χ1v) is 7.97. The molecular formula is C16H18ClNO6. The maximum atomic E-state index is 12.2. The number of fused-ring (bicyclic) bond motifs is 1. The Morgan fingerprint density at radius 1 is 1.38 bits per heavy atom. The Hall–Kier alpha value is -1.99. The molecule has 1 amide bonds. The number of hydrogen-bond acceptors (Lipinski definition) is 6. The van der Waals surface area contributed by atoms with Crippen LogP contribution in [0.1, 0.15) is 26.3 Å². The molecule has 0 N–H and O–H groups in total. The van der Waals surface area contributed by atoms with E-state index in [0.29, 0.717) is 28.7 Å². The molecular weight excluding hydrogens is 338 g/mol. The maximum Gasteiger partial charge on any atom is 0.389 e. The molecule has 0 bridgehead atoms. The van der Waals surface area contributed by atoms with Crippen LogP contribution >= 0.6 is 11.6 Å². The fraction of sp³-hybridized carbons (Fsp3) is 0.500. The number of ether oxygens (including phenoxy) is 3. The van der Waals surface area contributed by atoms with Gasteiger partial charge in [-0.25, -0.2) is 9.86 Å². The van der Waals surface area contributed by atoms with Crippen LogP contribution in [0.5, 0.6) is 11.5 Å². The first kappa shape index (κ1) is 16.9. The number of hydrogen-bond donors (Lipinski definition) is 0. The van der Waals surface area contributed by atoms with Gasteiger partial charge in [-0.2, -0.15) is 0 Å². The van der Waals surface area contributed by atoms with Crippen molar-refractivity contribution in [3.8, 4) is 11.5 Å². The van der Waals surface area contributed by atoms with Crippen LogP contribution in [-0.4, -0.2) is 36.4 Å². The SMILES string of the molecule is CCOC(=O)C1Oc2cc(Cl)c(CN3OCC(C)(C)C3=O)cc2O1. The summed E-state index contributed by atoms with van der Waals surface area (Å²) in [6.07, 6.45) is -1.14. The van der Waals surface area contributed by atoms with E-state index in [1.807, 2.05) is 13.8 Å². The average molecular weight is 356 g/mol. The van der Waals surface area contributed by atoms with E-state index in [1.165, 1.54) is 5.06 Å². The van der Waals surface area contributed by atoms with E-state index < -0.39 is 17.7 Å². The van der Waals surface area contributed by atoms with E-state index >= 15 is 0 Å². The summed E-state index contributed by atoms with van der Waals surface area (Å²) in [4.78, 5) is 29.4. The molecule has 7 nitrogen and oxygen atoms in total. The molecule has 2 aliphatic heterocycles. The Morgan fingerprint density at radius 3 is 2.62 bits per heavy atom. The molecule has 0 saturated carbocycles. The van der Waals surface area contributed by atoms with Crippen molar-refractivity contribution in [2.24, 2.45) is 5.41 Å². The van der Waals surface area contributed by atoms with Crippen molar-refractivity contribution < 1.29 is 28.6 Å². The lowest BCUT2D eigenvalue weighted by Gasteiger charge is -2.17. The number of carbonyl (C=O) groups excluding carboxylic acids is 2. The van der Waals surface area contributed by atoms with Gasteiger partial charge in [-0.05, 0) is 32.4 Å². The van der Waals surface area contributed by atoms with Crippen molar-refractivity contribution in [2.75, 3.05) is 13.2 Å². The molecule has 2 aliphatic rings. The van der Waals surface area contributed by atoms with Gasteiger partial charge in [-0.3, -0.25) is 9.63 Å². The van der Waals surface area contributed by atoms with Crippen molar-refractivity contribution >= 4 is 23.5 Å². The molecule has 1 aromatic carbocycles. The van der Waals surface area contributed by atoms with Crippen LogP contribution in [0.15, 0.2) is 12.1 Å². The highest BCUT2D eigenvalue weighted by molar-refractivity contribution is 6.31. The Labute approximate surface area is 144 Å².